The van der Waals surface area contributed by atoms with Gasteiger partial charge in [0.25, 0.3) is 6.43 Å². The van der Waals surface area contributed by atoms with Gasteiger partial charge in [-0.1, -0.05) is 11.6 Å². The summed E-state index contributed by atoms with van der Waals surface area (Å²) in [5, 5.41) is 0.0345. The molecule has 66 valence electrons. The van der Waals surface area contributed by atoms with Crippen molar-refractivity contribution in [3.8, 4) is 0 Å². The lowest BCUT2D eigenvalue weighted by molar-refractivity contribution is 0.145. The molecule has 0 aromatic carbocycles. The first-order chi connectivity index (χ1) is 5.52. The lowest BCUT2D eigenvalue weighted by atomic mass is 10.3. The first kappa shape index (κ1) is 10.0. The fourth-order valence-electron chi connectivity index (χ4n) is 0.613. The van der Waals surface area contributed by atoms with E-state index in [0.717, 1.165) is 6.07 Å². The molecule has 0 aliphatic heterocycles. The van der Waals surface area contributed by atoms with E-state index in [-0.39, 0.29) is 8.72 Å². The molecule has 1 aromatic rings. The van der Waals surface area contributed by atoms with Crippen molar-refractivity contribution >= 4 is 34.2 Å². The van der Waals surface area contributed by atoms with Crippen molar-refractivity contribution in [3.63, 3.8) is 0 Å². The third-order valence-electron chi connectivity index (χ3n) is 1.15. The molecule has 0 bridgehead atoms. The van der Waals surface area contributed by atoms with E-state index in [9.17, 15) is 13.2 Å². The van der Waals surface area contributed by atoms with Gasteiger partial charge in [0, 0.05) is 0 Å². The fourth-order valence-corrected chi connectivity index (χ4v) is 1.14. The highest BCUT2D eigenvalue weighted by atomic mass is 127. The summed E-state index contributed by atoms with van der Waals surface area (Å²) >= 11 is 7.12. The quantitative estimate of drug-likeness (QED) is 0.572. The molecule has 0 aliphatic rings. The fraction of sp³-hybridized carbons (Fsp3) is 0.167. The Hall–Kier alpha value is -0.0400. The number of halogens is 5. The summed E-state index contributed by atoms with van der Waals surface area (Å²) in [6.07, 6.45) is -2.88. The Kier molecular flexibility index (Phi) is 3.16. The number of nitrogens with zero attached hydrogens (tertiary/aromatic N) is 1. The smallest absolute Gasteiger partial charge is 0.212 e. The molecule has 0 fully saturated rings. The number of alkyl halides is 2. The lowest BCUT2D eigenvalue weighted by Gasteiger charge is -2.02. The van der Waals surface area contributed by atoms with Crippen LogP contribution in [-0.4, -0.2) is 4.98 Å². The molecule has 6 heteroatoms. The minimum Gasteiger partial charge on any atom is -0.212 e. The summed E-state index contributed by atoms with van der Waals surface area (Å²) in [7, 11) is 0. The maximum absolute atomic E-state index is 12.6. The number of pyridine rings is 1. The van der Waals surface area contributed by atoms with Gasteiger partial charge in [-0.3, -0.25) is 0 Å². The van der Waals surface area contributed by atoms with Crippen molar-refractivity contribution in [2.75, 3.05) is 0 Å². The lowest BCUT2D eigenvalue weighted by Crippen LogP contribution is -1.96. The van der Waals surface area contributed by atoms with Gasteiger partial charge in [0.2, 0.25) is 5.95 Å². The summed E-state index contributed by atoms with van der Waals surface area (Å²) < 4.78 is 36.8. The predicted molar refractivity (Wildman–Crippen MR) is 46.9 cm³/mol. The van der Waals surface area contributed by atoms with E-state index < -0.39 is 17.9 Å². The first-order valence-corrected chi connectivity index (χ1v) is 4.27. The van der Waals surface area contributed by atoms with Crippen LogP contribution in [0.25, 0.3) is 0 Å². The van der Waals surface area contributed by atoms with Crippen LogP contribution >= 0.6 is 34.2 Å². The van der Waals surface area contributed by atoms with Gasteiger partial charge in [0.15, 0.2) is 0 Å². The van der Waals surface area contributed by atoms with Crippen LogP contribution in [-0.2, 0) is 0 Å². The Morgan fingerprint density at radius 1 is 1.50 bits per heavy atom. The van der Waals surface area contributed by atoms with E-state index >= 15 is 0 Å². The summed E-state index contributed by atoms with van der Waals surface area (Å²) in [5.41, 5.74) is -0.764. The van der Waals surface area contributed by atoms with E-state index in [1.54, 1.807) is 22.6 Å². The van der Waals surface area contributed by atoms with Gasteiger partial charge >= 0.3 is 0 Å². The molecule has 0 radical (unpaired) electrons. The largest absolute Gasteiger partial charge is 0.268 e. The maximum Gasteiger partial charge on any atom is 0.268 e. The standard InChI is InChI=1S/C6H2ClF3IN/c7-3-1-2(4(8)9)5(10)12-6(3)11/h1,4H. The van der Waals surface area contributed by atoms with Gasteiger partial charge in [0.05, 0.1) is 10.6 Å². The van der Waals surface area contributed by atoms with Crippen LogP contribution in [0, 0.1) is 9.65 Å². The van der Waals surface area contributed by atoms with Gasteiger partial charge in [-0.05, 0) is 28.7 Å². The van der Waals surface area contributed by atoms with Crippen LogP contribution in [0.1, 0.15) is 12.0 Å². The molecule has 0 spiro atoms. The van der Waals surface area contributed by atoms with E-state index in [1.165, 1.54) is 0 Å². The van der Waals surface area contributed by atoms with Crippen molar-refractivity contribution in [1.29, 1.82) is 0 Å². The second-order valence-corrected chi connectivity index (χ2v) is 3.37. The summed E-state index contributed by atoms with van der Waals surface area (Å²) in [6.45, 7) is 0. The Bertz CT molecular complexity index is 305. The van der Waals surface area contributed by atoms with Crippen LogP contribution in [0.2, 0.25) is 5.02 Å². The zero-order chi connectivity index (χ0) is 9.30. The number of hydrogen-bond donors (Lipinski definition) is 0. The average Bonchev–Trinajstić information content (AvgIpc) is 1.96. The van der Waals surface area contributed by atoms with Crippen LogP contribution in [0.15, 0.2) is 6.07 Å². The van der Waals surface area contributed by atoms with Crippen LogP contribution in [0.3, 0.4) is 0 Å². The minimum absolute atomic E-state index is 0.0345. The monoisotopic (exact) mass is 307 g/mol. The summed E-state index contributed by atoms with van der Waals surface area (Å²) in [6, 6.07) is 0.885. The van der Waals surface area contributed by atoms with Gasteiger partial charge in [-0.2, -0.15) is 4.39 Å². The number of aromatic nitrogens is 1. The van der Waals surface area contributed by atoms with E-state index in [4.69, 9.17) is 11.6 Å². The second kappa shape index (κ2) is 3.78. The highest BCUT2D eigenvalue weighted by molar-refractivity contribution is 14.1. The van der Waals surface area contributed by atoms with Crippen LogP contribution < -0.4 is 0 Å². The van der Waals surface area contributed by atoms with Crippen molar-refractivity contribution < 1.29 is 13.2 Å². The number of rotatable bonds is 1. The van der Waals surface area contributed by atoms with Gasteiger partial charge in [-0.25, -0.2) is 13.8 Å². The SMILES string of the molecule is Fc1nc(I)c(Cl)cc1C(F)F. The molecule has 1 rings (SSSR count). The highest BCUT2D eigenvalue weighted by Crippen LogP contribution is 2.26. The minimum atomic E-state index is -2.88. The third-order valence-corrected chi connectivity index (χ3v) is 2.58. The molecule has 1 nitrogen and oxygen atoms in total. The molecule has 0 saturated heterocycles. The van der Waals surface area contributed by atoms with Crippen molar-refractivity contribution in [2.24, 2.45) is 0 Å². The number of hydrogen-bond acceptors (Lipinski definition) is 1. The van der Waals surface area contributed by atoms with Crippen molar-refractivity contribution in [1.82, 2.24) is 4.98 Å². The third kappa shape index (κ3) is 2.01. The molecule has 0 aliphatic carbocycles. The molecular weight excluding hydrogens is 305 g/mol. The molecular formula is C6H2ClF3IN. The summed E-state index contributed by atoms with van der Waals surface area (Å²) in [5.74, 6) is -1.17. The van der Waals surface area contributed by atoms with E-state index in [2.05, 4.69) is 4.98 Å². The highest BCUT2D eigenvalue weighted by Gasteiger charge is 2.16. The zero-order valence-electron chi connectivity index (χ0n) is 5.49. The average molecular weight is 307 g/mol. The van der Waals surface area contributed by atoms with Gasteiger partial charge < -0.3 is 0 Å². The molecule has 0 amide bonds. The Balaban J connectivity index is 3.23. The zero-order valence-corrected chi connectivity index (χ0v) is 8.41. The first-order valence-electron chi connectivity index (χ1n) is 2.82. The molecule has 0 N–H and O–H groups in total. The second-order valence-electron chi connectivity index (χ2n) is 1.94. The van der Waals surface area contributed by atoms with Crippen LogP contribution in [0.5, 0.6) is 0 Å². The Morgan fingerprint density at radius 2 is 2.08 bits per heavy atom. The topological polar surface area (TPSA) is 12.9 Å². The Labute approximate surface area is 85.1 Å². The van der Waals surface area contributed by atoms with Crippen molar-refractivity contribution in [3.05, 3.63) is 26.3 Å². The van der Waals surface area contributed by atoms with Crippen LogP contribution in [0.4, 0.5) is 13.2 Å². The normalized spacial score (nSPS) is 10.8. The maximum atomic E-state index is 12.6. The molecule has 1 aromatic heterocycles. The van der Waals surface area contributed by atoms with E-state index in [0.29, 0.717) is 0 Å². The molecule has 12 heavy (non-hydrogen) atoms. The predicted octanol–water partition coefficient (Wildman–Crippen LogP) is 3.42. The van der Waals surface area contributed by atoms with E-state index in [1.807, 2.05) is 0 Å². The van der Waals surface area contributed by atoms with Gasteiger partial charge in [-0.15, -0.1) is 0 Å². The molecule has 1 heterocycles. The molecule has 0 unspecified atom stereocenters. The molecule has 0 saturated carbocycles. The van der Waals surface area contributed by atoms with Gasteiger partial charge in [0.1, 0.15) is 3.70 Å². The Morgan fingerprint density at radius 3 is 2.58 bits per heavy atom. The summed E-state index contributed by atoms with van der Waals surface area (Å²) in [4.78, 5) is 3.20. The molecule has 0 atom stereocenters. The van der Waals surface area contributed by atoms with Crippen molar-refractivity contribution in [2.45, 2.75) is 6.43 Å².